The Kier molecular flexibility index (Phi) is 3.90. The molecule has 0 atom stereocenters. The number of imidazole rings is 1. The van der Waals surface area contributed by atoms with E-state index in [0.717, 1.165) is 29.3 Å². The van der Waals surface area contributed by atoms with Crippen LogP contribution in [0.1, 0.15) is 21.8 Å². The lowest BCUT2D eigenvalue weighted by Crippen LogP contribution is -2.14. The average Bonchev–Trinajstić information content (AvgIpc) is 2.96. The van der Waals surface area contributed by atoms with Gasteiger partial charge in [-0.3, -0.25) is 4.40 Å². The lowest BCUT2D eigenvalue weighted by Gasteiger charge is -2.06. The number of methoxy groups -OCH3 is 1. The van der Waals surface area contributed by atoms with Gasteiger partial charge in [-0.2, -0.15) is 0 Å². The number of rotatable bonds is 5. The number of fused-ring (bicyclic) bond motifs is 1. The van der Waals surface area contributed by atoms with E-state index >= 15 is 0 Å². The molecule has 6 heteroatoms. The van der Waals surface area contributed by atoms with Crippen LogP contribution in [0.25, 0.3) is 4.96 Å². The molecule has 0 amide bonds. The molecule has 0 radical (unpaired) electrons. The molecule has 3 rings (SSSR count). The predicted octanol–water partition coefficient (Wildman–Crippen LogP) is 2.71. The number of nitrogens with zero attached hydrogens (tertiary/aromatic N) is 3. The molecule has 0 aliphatic rings. The first-order valence-corrected chi connectivity index (χ1v) is 7.62. The minimum Gasteiger partial charge on any atom is -0.481 e. The van der Waals surface area contributed by atoms with E-state index in [-0.39, 0.29) is 0 Å². The topological polar surface area (TPSA) is 51.5 Å². The fourth-order valence-electron chi connectivity index (χ4n) is 2.32. The van der Waals surface area contributed by atoms with Crippen molar-refractivity contribution in [1.82, 2.24) is 19.7 Å². The maximum Gasteiger partial charge on any atom is 0.213 e. The van der Waals surface area contributed by atoms with Gasteiger partial charge in [0.05, 0.1) is 18.5 Å². The first-order chi connectivity index (χ1) is 10.2. The van der Waals surface area contributed by atoms with Crippen LogP contribution in [-0.2, 0) is 13.1 Å². The highest BCUT2D eigenvalue weighted by atomic mass is 32.1. The van der Waals surface area contributed by atoms with Crippen LogP contribution in [0, 0.1) is 13.8 Å². The average molecular weight is 302 g/mol. The number of hydrogen-bond acceptors (Lipinski definition) is 5. The van der Waals surface area contributed by atoms with Gasteiger partial charge in [-0.25, -0.2) is 9.97 Å². The standard InChI is InChI=1S/C15H18N4OS/c1-10-9-19-13(11(2)18-15(19)21-10)8-16-7-12-4-5-17-14(6-12)20-3/h4-6,9,16H,7-8H2,1-3H3. The lowest BCUT2D eigenvalue weighted by atomic mass is 10.2. The largest absolute Gasteiger partial charge is 0.481 e. The molecule has 0 spiro atoms. The van der Waals surface area contributed by atoms with Crippen LogP contribution in [0.5, 0.6) is 5.88 Å². The smallest absolute Gasteiger partial charge is 0.213 e. The molecule has 0 saturated heterocycles. The molecule has 0 aromatic carbocycles. The number of aryl methyl sites for hydroxylation is 2. The van der Waals surface area contributed by atoms with E-state index in [2.05, 4.69) is 39.7 Å². The van der Waals surface area contributed by atoms with Gasteiger partial charge in [0.2, 0.25) is 5.88 Å². The van der Waals surface area contributed by atoms with Gasteiger partial charge in [-0.15, -0.1) is 11.3 Å². The minimum absolute atomic E-state index is 0.644. The van der Waals surface area contributed by atoms with Crippen LogP contribution in [0.15, 0.2) is 24.5 Å². The molecule has 21 heavy (non-hydrogen) atoms. The molecule has 0 saturated carbocycles. The maximum atomic E-state index is 5.13. The van der Waals surface area contributed by atoms with Crippen molar-refractivity contribution in [3.05, 3.63) is 46.4 Å². The summed E-state index contributed by atoms with van der Waals surface area (Å²) in [6, 6.07) is 3.93. The van der Waals surface area contributed by atoms with E-state index in [1.54, 1.807) is 24.6 Å². The molecule has 3 aromatic rings. The summed E-state index contributed by atoms with van der Waals surface area (Å²) < 4.78 is 7.31. The number of nitrogens with one attached hydrogen (secondary N) is 1. The zero-order chi connectivity index (χ0) is 14.8. The fraction of sp³-hybridized carbons (Fsp3) is 0.333. The highest BCUT2D eigenvalue weighted by Gasteiger charge is 2.10. The predicted molar refractivity (Wildman–Crippen MR) is 83.9 cm³/mol. The summed E-state index contributed by atoms with van der Waals surface area (Å²) in [5.41, 5.74) is 3.46. The van der Waals surface area contributed by atoms with Crippen LogP contribution >= 0.6 is 11.3 Å². The molecule has 0 aliphatic heterocycles. The van der Waals surface area contributed by atoms with Crippen molar-refractivity contribution < 1.29 is 4.74 Å². The number of hydrogen-bond donors (Lipinski definition) is 1. The molecule has 0 aliphatic carbocycles. The molecule has 3 aromatic heterocycles. The second-order valence-electron chi connectivity index (χ2n) is 4.95. The first kappa shape index (κ1) is 14.0. The van der Waals surface area contributed by atoms with Gasteiger partial charge in [0, 0.05) is 36.4 Å². The van der Waals surface area contributed by atoms with Crippen molar-refractivity contribution in [3.63, 3.8) is 0 Å². The van der Waals surface area contributed by atoms with E-state index < -0.39 is 0 Å². The third-order valence-corrected chi connectivity index (χ3v) is 4.27. The van der Waals surface area contributed by atoms with Crippen LogP contribution in [0.3, 0.4) is 0 Å². The molecule has 1 N–H and O–H groups in total. The SMILES string of the molecule is COc1cc(CNCc2c(C)nc3sc(C)cn23)ccn1. The third kappa shape index (κ3) is 2.91. The van der Waals surface area contributed by atoms with Gasteiger partial charge in [-0.1, -0.05) is 0 Å². The molecular formula is C15H18N4OS. The van der Waals surface area contributed by atoms with Crippen molar-refractivity contribution >= 4 is 16.3 Å². The summed E-state index contributed by atoms with van der Waals surface area (Å²) in [5.74, 6) is 0.644. The van der Waals surface area contributed by atoms with E-state index in [1.807, 2.05) is 12.1 Å². The summed E-state index contributed by atoms with van der Waals surface area (Å²) in [5, 5.41) is 3.46. The van der Waals surface area contributed by atoms with Gasteiger partial charge < -0.3 is 10.1 Å². The summed E-state index contributed by atoms with van der Waals surface area (Å²) in [4.78, 5) is 11.0. The molecule has 0 bridgehead atoms. The maximum absolute atomic E-state index is 5.13. The number of aromatic nitrogens is 3. The van der Waals surface area contributed by atoms with E-state index in [0.29, 0.717) is 5.88 Å². The molecule has 5 nitrogen and oxygen atoms in total. The van der Waals surface area contributed by atoms with E-state index in [9.17, 15) is 0 Å². The Labute approximate surface area is 127 Å². The van der Waals surface area contributed by atoms with Crippen LogP contribution in [0.2, 0.25) is 0 Å². The van der Waals surface area contributed by atoms with Crippen molar-refractivity contribution in [2.75, 3.05) is 7.11 Å². The quantitative estimate of drug-likeness (QED) is 0.787. The fourth-order valence-corrected chi connectivity index (χ4v) is 3.21. The van der Waals surface area contributed by atoms with Crippen LogP contribution < -0.4 is 10.1 Å². The van der Waals surface area contributed by atoms with Crippen molar-refractivity contribution in [2.45, 2.75) is 26.9 Å². The van der Waals surface area contributed by atoms with Gasteiger partial charge in [0.1, 0.15) is 0 Å². The van der Waals surface area contributed by atoms with Crippen molar-refractivity contribution in [2.24, 2.45) is 0 Å². The van der Waals surface area contributed by atoms with Gasteiger partial charge in [-0.05, 0) is 25.5 Å². The minimum atomic E-state index is 0.644. The molecule has 0 unspecified atom stereocenters. The third-order valence-electron chi connectivity index (χ3n) is 3.37. The Morgan fingerprint density at radius 3 is 3.00 bits per heavy atom. The second-order valence-corrected chi connectivity index (χ2v) is 6.16. The van der Waals surface area contributed by atoms with Crippen LogP contribution in [-0.4, -0.2) is 21.5 Å². The monoisotopic (exact) mass is 302 g/mol. The lowest BCUT2D eigenvalue weighted by molar-refractivity contribution is 0.397. The highest BCUT2D eigenvalue weighted by molar-refractivity contribution is 7.17. The summed E-state index contributed by atoms with van der Waals surface area (Å²) in [6.45, 7) is 5.72. The molecular weight excluding hydrogens is 284 g/mol. The Bertz CT molecular complexity index is 762. The molecule has 110 valence electrons. The Balaban J connectivity index is 1.70. The van der Waals surface area contributed by atoms with Crippen molar-refractivity contribution in [1.29, 1.82) is 0 Å². The van der Waals surface area contributed by atoms with Crippen molar-refractivity contribution in [3.8, 4) is 5.88 Å². The zero-order valence-corrected chi connectivity index (χ0v) is 13.2. The van der Waals surface area contributed by atoms with Gasteiger partial charge in [0.15, 0.2) is 4.96 Å². The summed E-state index contributed by atoms with van der Waals surface area (Å²) >= 11 is 1.72. The highest BCUT2D eigenvalue weighted by Crippen LogP contribution is 2.20. The molecule has 0 fully saturated rings. The second kappa shape index (κ2) is 5.83. The number of thiazole rings is 1. The van der Waals surface area contributed by atoms with E-state index in [4.69, 9.17) is 4.74 Å². The zero-order valence-electron chi connectivity index (χ0n) is 12.4. The Morgan fingerprint density at radius 1 is 1.33 bits per heavy atom. The number of ether oxygens (including phenoxy) is 1. The summed E-state index contributed by atoms with van der Waals surface area (Å²) in [6.07, 6.45) is 3.91. The van der Waals surface area contributed by atoms with Gasteiger partial charge in [0.25, 0.3) is 0 Å². The van der Waals surface area contributed by atoms with E-state index in [1.165, 1.54) is 10.6 Å². The first-order valence-electron chi connectivity index (χ1n) is 6.81. The summed E-state index contributed by atoms with van der Waals surface area (Å²) in [7, 11) is 1.63. The Morgan fingerprint density at radius 2 is 2.19 bits per heavy atom. The number of pyridine rings is 1. The van der Waals surface area contributed by atoms with Crippen LogP contribution in [0.4, 0.5) is 0 Å². The van der Waals surface area contributed by atoms with Gasteiger partial charge >= 0.3 is 0 Å². The molecule has 3 heterocycles. The Hall–Kier alpha value is -1.92. The normalized spacial score (nSPS) is 11.2.